The van der Waals surface area contributed by atoms with Crippen molar-refractivity contribution >= 4 is 5.69 Å². The first kappa shape index (κ1) is 13.0. The Bertz CT molecular complexity index is 487. The van der Waals surface area contributed by atoms with Gasteiger partial charge in [-0.1, -0.05) is 0 Å². The van der Waals surface area contributed by atoms with Gasteiger partial charge in [0.05, 0.1) is 19.3 Å². The van der Waals surface area contributed by atoms with Crippen molar-refractivity contribution in [3.8, 4) is 0 Å². The number of aliphatic hydroxyl groups is 3. The third-order valence-corrected chi connectivity index (χ3v) is 3.06. The van der Waals surface area contributed by atoms with Gasteiger partial charge in [-0.25, -0.2) is 0 Å². The van der Waals surface area contributed by atoms with Crippen LogP contribution in [0, 0.1) is 0 Å². The summed E-state index contributed by atoms with van der Waals surface area (Å²) in [4.78, 5) is 11.8. The van der Waals surface area contributed by atoms with Gasteiger partial charge in [0, 0.05) is 29.9 Å². The van der Waals surface area contributed by atoms with Crippen LogP contribution in [0.15, 0.2) is 17.1 Å². The van der Waals surface area contributed by atoms with E-state index >= 15 is 0 Å². The molecule has 1 aliphatic rings. The molecule has 3 atom stereocenters. The summed E-state index contributed by atoms with van der Waals surface area (Å²) in [6.45, 7) is -0.598. The average molecular weight is 256 g/mol. The molecular weight excluding hydrogens is 240 g/mol. The molecule has 1 fully saturated rings. The molecule has 0 bridgehead atoms. The van der Waals surface area contributed by atoms with Crippen molar-refractivity contribution in [2.45, 2.75) is 31.5 Å². The lowest BCUT2D eigenvalue weighted by Crippen LogP contribution is -2.26. The van der Waals surface area contributed by atoms with E-state index in [4.69, 9.17) is 20.7 Å². The van der Waals surface area contributed by atoms with Gasteiger partial charge in [0.2, 0.25) is 0 Å². The van der Waals surface area contributed by atoms with Crippen molar-refractivity contribution in [2.75, 3.05) is 12.3 Å². The summed E-state index contributed by atoms with van der Waals surface area (Å²) >= 11 is 0. The molecule has 0 spiro atoms. The number of hydrogen-bond acceptors (Lipinski definition) is 6. The van der Waals surface area contributed by atoms with Crippen molar-refractivity contribution in [3.05, 3.63) is 28.2 Å². The van der Waals surface area contributed by atoms with Gasteiger partial charge in [-0.3, -0.25) is 9.36 Å². The fraction of sp³-hybridized carbons (Fsp3) is 0.545. The molecule has 0 amide bonds. The highest BCUT2D eigenvalue weighted by Gasteiger charge is 2.34. The van der Waals surface area contributed by atoms with Gasteiger partial charge in [-0.05, 0) is 0 Å². The number of rotatable bonds is 3. The van der Waals surface area contributed by atoms with Crippen molar-refractivity contribution in [3.63, 3.8) is 0 Å². The van der Waals surface area contributed by atoms with E-state index in [0.29, 0.717) is 5.56 Å². The van der Waals surface area contributed by atoms with E-state index in [0.717, 1.165) is 0 Å². The molecule has 2 heterocycles. The summed E-state index contributed by atoms with van der Waals surface area (Å²) in [5, 5.41) is 27.7. The van der Waals surface area contributed by atoms with Crippen molar-refractivity contribution in [1.29, 1.82) is 0 Å². The highest BCUT2D eigenvalue weighted by atomic mass is 16.5. The fourth-order valence-corrected chi connectivity index (χ4v) is 2.01. The third-order valence-electron chi connectivity index (χ3n) is 3.06. The van der Waals surface area contributed by atoms with Crippen molar-refractivity contribution < 1.29 is 20.1 Å². The summed E-state index contributed by atoms with van der Waals surface area (Å²) in [7, 11) is 0. The Kier molecular flexibility index (Phi) is 3.67. The van der Waals surface area contributed by atoms with E-state index in [1.165, 1.54) is 16.8 Å². The Labute approximate surface area is 103 Å². The van der Waals surface area contributed by atoms with Gasteiger partial charge in [0.25, 0.3) is 5.56 Å². The molecule has 1 aromatic rings. The van der Waals surface area contributed by atoms with Crippen LogP contribution < -0.4 is 11.3 Å². The Balaban J connectivity index is 2.32. The maximum Gasteiger partial charge on any atom is 0.254 e. The molecule has 0 saturated carbocycles. The van der Waals surface area contributed by atoms with E-state index < -0.39 is 18.4 Å². The highest BCUT2D eigenvalue weighted by Crippen LogP contribution is 2.28. The molecule has 0 aromatic carbocycles. The Morgan fingerprint density at radius 1 is 1.50 bits per heavy atom. The van der Waals surface area contributed by atoms with Crippen LogP contribution >= 0.6 is 0 Å². The largest absolute Gasteiger partial charge is 0.398 e. The van der Waals surface area contributed by atoms with Gasteiger partial charge in [0.15, 0.2) is 0 Å². The zero-order valence-electron chi connectivity index (χ0n) is 9.69. The van der Waals surface area contributed by atoms with Crippen molar-refractivity contribution in [2.24, 2.45) is 0 Å². The fourth-order valence-electron chi connectivity index (χ4n) is 2.01. The van der Waals surface area contributed by atoms with Crippen LogP contribution in [0.25, 0.3) is 0 Å². The van der Waals surface area contributed by atoms with Crippen LogP contribution in [0.5, 0.6) is 0 Å². The van der Waals surface area contributed by atoms with Gasteiger partial charge < -0.3 is 25.8 Å². The van der Waals surface area contributed by atoms with Gasteiger partial charge in [-0.2, -0.15) is 0 Å². The molecule has 0 unspecified atom stereocenters. The Morgan fingerprint density at radius 2 is 2.22 bits per heavy atom. The second-order valence-electron chi connectivity index (χ2n) is 4.27. The number of aliphatic hydroxyl groups excluding tert-OH is 3. The van der Waals surface area contributed by atoms with E-state index in [-0.39, 0.29) is 30.9 Å². The lowest BCUT2D eigenvalue weighted by molar-refractivity contribution is -0.0455. The molecular formula is C11H16N2O5. The molecule has 1 aromatic heterocycles. The standard InChI is InChI=1S/C11H16N2O5/c12-7-1-10(17)13(3-6(7)4-14)11-2-8(16)9(5-15)18-11/h1,3,8-9,11,14-16H,2,4-5,12H2/t8-,9-,11-/m1/s1. The molecule has 0 radical (unpaired) electrons. The molecule has 0 aliphatic carbocycles. The monoisotopic (exact) mass is 256 g/mol. The zero-order chi connectivity index (χ0) is 13.3. The first-order valence-corrected chi connectivity index (χ1v) is 5.62. The van der Waals surface area contributed by atoms with Crippen LogP contribution in [-0.2, 0) is 11.3 Å². The molecule has 18 heavy (non-hydrogen) atoms. The summed E-state index contributed by atoms with van der Waals surface area (Å²) in [6.07, 6.45) is -0.552. The SMILES string of the molecule is Nc1cc(=O)n([C@H]2C[C@@H](O)[C@@H](CO)O2)cc1CO. The molecule has 2 rings (SSSR count). The summed E-state index contributed by atoms with van der Waals surface area (Å²) < 4.78 is 6.63. The van der Waals surface area contributed by atoms with E-state index in [2.05, 4.69) is 0 Å². The molecule has 1 aliphatic heterocycles. The third kappa shape index (κ3) is 2.25. The van der Waals surface area contributed by atoms with Crippen LogP contribution in [0.3, 0.4) is 0 Å². The van der Waals surface area contributed by atoms with E-state index in [1.807, 2.05) is 0 Å². The number of pyridine rings is 1. The minimum absolute atomic E-state index is 0.208. The number of aromatic nitrogens is 1. The lowest BCUT2D eigenvalue weighted by Gasteiger charge is -2.16. The maximum atomic E-state index is 11.8. The quantitative estimate of drug-likeness (QED) is 0.526. The smallest absolute Gasteiger partial charge is 0.254 e. The first-order chi connectivity index (χ1) is 8.56. The predicted molar refractivity (Wildman–Crippen MR) is 62.7 cm³/mol. The topological polar surface area (TPSA) is 118 Å². The number of nitrogens with zero attached hydrogens (tertiary/aromatic N) is 1. The maximum absolute atomic E-state index is 11.8. The van der Waals surface area contributed by atoms with Crippen LogP contribution in [0.1, 0.15) is 18.2 Å². The van der Waals surface area contributed by atoms with Gasteiger partial charge >= 0.3 is 0 Å². The normalized spacial score (nSPS) is 27.6. The molecule has 7 heteroatoms. The van der Waals surface area contributed by atoms with Crippen LogP contribution in [0.2, 0.25) is 0 Å². The highest BCUT2D eigenvalue weighted by molar-refractivity contribution is 5.44. The molecule has 5 N–H and O–H groups in total. The number of ether oxygens (including phenoxy) is 1. The number of nitrogen functional groups attached to an aromatic ring is 1. The lowest BCUT2D eigenvalue weighted by atomic mass is 10.2. The van der Waals surface area contributed by atoms with E-state index in [9.17, 15) is 9.90 Å². The minimum Gasteiger partial charge on any atom is -0.398 e. The Hall–Kier alpha value is -1.41. The van der Waals surface area contributed by atoms with Crippen LogP contribution in [0.4, 0.5) is 5.69 Å². The number of hydrogen-bond donors (Lipinski definition) is 4. The van der Waals surface area contributed by atoms with Gasteiger partial charge in [0.1, 0.15) is 12.3 Å². The summed E-state index contributed by atoms with van der Waals surface area (Å²) in [5.41, 5.74) is 5.84. The van der Waals surface area contributed by atoms with E-state index in [1.54, 1.807) is 0 Å². The average Bonchev–Trinajstić information content (AvgIpc) is 2.70. The first-order valence-electron chi connectivity index (χ1n) is 5.62. The Morgan fingerprint density at radius 3 is 2.78 bits per heavy atom. The predicted octanol–water partition coefficient (Wildman–Crippen LogP) is -1.44. The second kappa shape index (κ2) is 5.07. The van der Waals surface area contributed by atoms with Gasteiger partial charge in [-0.15, -0.1) is 0 Å². The minimum atomic E-state index is -0.818. The summed E-state index contributed by atoms with van der Waals surface area (Å²) in [6, 6.07) is 1.20. The zero-order valence-corrected chi connectivity index (χ0v) is 9.69. The van der Waals surface area contributed by atoms with Crippen molar-refractivity contribution in [1.82, 2.24) is 4.57 Å². The molecule has 7 nitrogen and oxygen atoms in total. The van der Waals surface area contributed by atoms with Crippen LogP contribution in [-0.4, -0.2) is 38.7 Å². The molecule has 100 valence electrons. The number of anilines is 1. The molecule has 1 saturated heterocycles. The second-order valence-corrected chi connectivity index (χ2v) is 4.27. The summed E-state index contributed by atoms with van der Waals surface area (Å²) in [5.74, 6) is 0. The number of nitrogens with two attached hydrogens (primary N) is 1.